The van der Waals surface area contributed by atoms with Gasteiger partial charge < -0.3 is 4.74 Å². The van der Waals surface area contributed by atoms with Crippen molar-refractivity contribution in [2.24, 2.45) is 10.9 Å². The molecule has 0 saturated carbocycles. The molecule has 3 rings (SSSR count). The van der Waals surface area contributed by atoms with E-state index in [1.807, 2.05) is 81.4 Å². The summed E-state index contributed by atoms with van der Waals surface area (Å²) in [7, 11) is 0. The lowest BCUT2D eigenvalue weighted by Gasteiger charge is -2.22. The molecular formula is C23H25NO2. The molecule has 2 atom stereocenters. The first-order chi connectivity index (χ1) is 12.4. The zero-order valence-corrected chi connectivity index (χ0v) is 15.6. The van der Waals surface area contributed by atoms with Crippen LogP contribution in [0.25, 0.3) is 6.08 Å². The molecule has 0 amide bonds. The van der Waals surface area contributed by atoms with Crippen LogP contribution in [0.15, 0.2) is 71.7 Å². The maximum Gasteiger partial charge on any atom is 0.332 e. The summed E-state index contributed by atoms with van der Waals surface area (Å²) in [4.78, 5) is 17.4. The predicted molar refractivity (Wildman–Crippen MR) is 106 cm³/mol. The van der Waals surface area contributed by atoms with Crippen molar-refractivity contribution >= 4 is 17.8 Å². The van der Waals surface area contributed by atoms with Crippen LogP contribution in [0.2, 0.25) is 0 Å². The van der Waals surface area contributed by atoms with Gasteiger partial charge in [-0.15, -0.1) is 0 Å². The molecular weight excluding hydrogens is 322 g/mol. The Bertz CT molecular complexity index is 801. The zero-order valence-electron chi connectivity index (χ0n) is 15.6. The molecule has 0 spiro atoms. The van der Waals surface area contributed by atoms with E-state index in [4.69, 9.17) is 9.73 Å². The molecule has 0 radical (unpaired) electrons. The Morgan fingerprint density at radius 1 is 1.04 bits per heavy atom. The number of hydrogen-bond donors (Lipinski definition) is 0. The minimum absolute atomic E-state index is 0.000243. The topological polar surface area (TPSA) is 38.7 Å². The molecule has 0 bridgehead atoms. The van der Waals surface area contributed by atoms with Gasteiger partial charge in [0.25, 0.3) is 0 Å². The van der Waals surface area contributed by atoms with Crippen LogP contribution >= 0.6 is 0 Å². The molecule has 3 heteroatoms. The summed E-state index contributed by atoms with van der Waals surface area (Å²) >= 11 is 0. The first-order valence-corrected chi connectivity index (χ1v) is 9.00. The lowest BCUT2D eigenvalue weighted by Crippen LogP contribution is -2.33. The van der Waals surface area contributed by atoms with Crippen molar-refractivity contribution in [2.45, 2.75) is 38.8 Å². The molecule has 0 aromatic heterocycles. The number of hydrogen-bond acceptors (Lipinski definition) is 3. The molecule has 1 aliphatic heterocycles. The lowest BCUT2D eigenvalue weighted by molar-refractivity contribution is -0.157. The number of esters is 1. The molecule has 1 aliphatic rings. The summed E-state index contributed by atoms with van der Waals surface area (Å²) in [6.07, 6.45) is 4.88. The quantitative estimate of drug-likeness (QED) is 0.736. The van der Waals surface area contributed by atoms with Crippen molar-refractivity contribution in [3.05, 3.63) is 77.9 Å². The fraction of sp³-hybridized carbons (Fsp3) is 0.304. The van der Waals surface area contributed by atoms with Gasteiger partial charge in [-0.2, -0.15) is 0 Å². The summed E-state index contributed by atoms with van der Waals surface area (Å²) in [6.45, 7) is 5.66. The van der Waals surface area contributed by atoms with Crippen molar-refractivity contribution in [3.63, 3.8) is 0 Å². The monoisotopic (exact) mass is 347 g/mol. The lowest BCUT2D eigenvalue weighted by atomic mass is 9.94. The van der Waals surface area contributed by atoms with E-state index in [1.54, 1.807) is 0 Å². The molecule has 0 aliphatic carbocycles. The van der Waals surface area contributed by atoms with Gasteiger partial charge in [-0.1, -0.05) is 72.8 Å². The Balaban J connectivity index is 1.84. The van der Waals surface area contributed by atoms with Crippen LogP contribution in [0.4, 0.5) is 0 Å². The average molecular weight is 347 g/mol. The highest BCUT2D eigenvalue weighted by Gasteiger charge is 2.36. The third-order valence-corrected chi connectivity index (χ3v) is 4.22. The summed E-state index contributed by atoms with van der Waals surface area (Å²) in [6, 6.07) is 19.6. The summed E-state index contributed by atoms with van der Waals surface area (Å²) in [5.41, 5.74) is 2.62. The molecule has 26 heavy (non-hydrogen) atoms. The smallest absolute Gasteiger partial charge is 0.332 e. The van der Waals surface area contributed by atoms with Gasteiger partial charge in [-0.3, -0.25) is 4.99 Å². The van der Waals surface area contributed by atoms with E-state index in [1.165, 1.54) is 0 Å². The molecule has 0 saturated heterocycles. The van der Waals surface area contributed by atoms with Crippen molar-refractivity contribution in [2.75, 3.05) is 0 Å². The van der Waals surface area contributed by atoms with Crippen LogP contribution in [-0.2, 0) is 9.53 Å². The second-order valence-corrected chi connectivity index (χ2v) is 7.56. The van der Waals surface area contributed by atoms with E-state index in [-0.39, 0.29) is 11.9 Å². The standard InChI is InChI=1S/C23H25NO2/c1-23(2,3)26-22(25)21-19(15-14-17-10-6-4-7-11-17)16-20(24-21)18-12-8-5-9-13-18/h4-15,19,21H,16H2,1-3H3/b15-14+/t19-,21-/m0/s1. The van der Waals surface area contributed by atoms with Crippen LogP contribution in [0.1, 0.15) is 38.3 Å². The van der Waals surface area contributed by atoms with Crippen molar-refractivity contribution in [1.82, 2.24) is 0 Å². The molecule has 3 nitrogen and oxygen atoms in total. The van der Waals surface area contributed by atoms with E-state index in [0.717, 1.165) is 23.3 Å². The van der Waals surface area contributed by atoms with Gasteiger partial charge in [-0.05, 0) is 38.3 Å². The normalized spacial score (nSPS) is 20.2. The van der Waals surface area contributed by atoms with Crippen LogP contribution in [0.5, 0.6) is 0 Å². The van der Waals surface area contributed by atoms with E-state index in [0.29, 0.717) is 0 Å². The maximum absolute atomic E-state index is 12.7. The van der Waals surface area contributed by atoms with Gasteiger partial charge in [0, 0.05) is 11.6 Å². The summed E-state index contributed by atoms with van der Waals surface area (Å²) in [5, 5.41) is 0. The van der Waals surface area contributed by atoms with Crippen molar-refractivity contribution in [1.29, 1.82) is 0 Å². The van der Waals surface area contributed by atoms with E-state index >= 15 is 0 Å². The number of nitrogens with zero attached hydrogens (tertiary/aromatic N) is 1. The molecule has 1 heterocycles. The second-order valence-electron chi connectivity index (χ2n) is 7.56. The van der Waals surface area contributed by atoms with E-state index < -0.39 is 11.6 Å². The number of carbonyl (C=O) groups is 1. The first kappa shape index (κ1) is 18.1. The highest BCUT2D eigenvalue weighted by Crippen LogP contribution is 2.29. The zero-order chi connectivity index (χ0) is 18.6. The third kappa shape index (κ3) is 4.69. The molecule has 2 aromatic carbocycles. The van der Waals surface area contributed by atoms with Gasteiger partial charge >= 0.3 is 5.97 Å². The Morgan fingerprint density at radius 3 is 2.27 bits per heavy atom. The SMILES string of the molecule is CC(C)(C)OC(=O)[C@H]1N=C(c2ccccc2)C[C@@H]1/C=C/c1ccccc1. The predicted octanol–water partition coefficient (Wildman–Crippen LogP) is 4.92. The van der Waals surface area contributed by atoms with Gasteiger partial charge in [-0.25, -0.2) is 4.79 Å². The molecule has 2 aromatic rings. The maximum atomic E-state index is 12.7. The molecule has 0 fully saturated rings. The van der Waals surface area contributed by atoms with Gasteiger partial charge in [0.2, 0.25) is 0 Å². The van der Waals surface area contributed by atoms with Crippen LogP contribution in [-0.4, -0.2) is 23.3 Å². The van der Waals surface area contributed by atoms with Gasteiger partial charge in [0.1, 0.15) is 5.60 Å². The Labute approximate surface area is 155 Å². The number of carbonyl (C=O) groups excluding carboxylic acids is 1. The molecule has 0 N–H and O–H groups in total. The van der Waals surface area contributed by atoms with Crippen molar-refractivity contribution < 1.29 is 9.53 Å². The Morgan fingerprint density at radius 2 is 1.65 bits per heavy atom. The highest BCUT2D eigenvalue weighted by molar-refractivity contribution is 6.04. The Hall–Kier alpha value is -2.68. The third-order valence-electron chi connectivity index (χ3n) is 4.22. The minimum atomic E-state index is -0.518. The van der Waals surface area contributed by atoms with Crippen LogP contribution < -0.4 is 0 Å². The molecule has 0 unspecified atom stereocenters. The number of ether oxygens (including phenoxy) is 1. The summed E-state index contributed by atoms with van der Waals surface area (Å²) in [5.74, 6) is -0.258. The number of benzene rings is 2. The van der Waals surface area contributed by atoms with Gasteiger partial charge in [0.15, 0.2) is 6.04 Å². The number of aliphatic imine (C=N–C) groups is 1. The van der Waals surface area contributed by atoms with Gasteiger partial charge in [0.05, 0.1) is 0 Å². The number of rotatable bonds is 4. The average Bonchev–Trinajstić information content (AvgIpc) is 3.05. The van der Waals surface area contributed by atoms with E-state index in [2.05, 4.69) is 12.2 Å². The fourth-order valence-corrected chi connectivity index (χ4v) is 3.04. The van der Waals surface area contributed by atoms with E-state index in [9.17, 15) is 4.79 Å². The molecule has 134 valence electrons. The Kier molecular flexibility index (Phi) is 5.36. The van der Waals surface area contributed by atoms with Crippen molar-refractivity contribution in [3.8, 4) is 0 Å². The second kappa shape index (κ2) is 7.69. The summed E-state index contributed by atoms with van der Waals surface area (Å²) < 4.78 is 5.61. The fourth-order valence-electron chi connectivity index (χ4n) is 3.04. The highest BCUT2D eigenvalue weighted by atomic mass is 16.6. The largest absolute Gasteiger partial charge is 0.458 e. The van der Waals surface area contributed by atoms with Crippen LogP contribution in [0, 0.1) is 5.92 Å². The minimum Gasteiger partial charge on any atom is -0.458 e. The van der Waals surface area contributed by atoms with Crippen LogP contribution in [0.3, 0.4) is 0 Å². The first-order valence-electron chi connectivity index (χ1n) is 9.00.